The lowest BCUT2D eigenvalue weighted by atomic mass is 10.4. The summed E-state index contributed by atoms with van der Waals surface area (Å²) in [7, 11) is 4.16. The minimum Gasteiger partial charge on any atom is -0.310 e. The largest absolute Gasteiger partial charge is 0.310 e. The van der Waals surface area contributed by atoms with Crippen LogP contribution in [-0.4, -0.2) is 41.9 Å². The Balaban J connectivity index is 2.26. The minimum atomic E-state index is 0.445. The Bertz CT molecular complexity index is 278. The van der Waals surface area contributed by atoms with Crippen molar-refractivity contribution < 1.29 is 0 Å². The highest BCUT2D eigenvalue weighted by Crippen LogP contribution is 2.03. The molecule has 1 aromatic heterocycles. The summed E-state index contributed by atoms with van der Waals surface area (Å²) in [5.74, 6) is 0. The molecule has 15 heavy (non-hydrogen) atoms. The van der Waals surface area contributed by atoms with Crippen LogP contribution in [0.3, 0.4) is 0 Å². The van der Waals surface area contributed by atoms with Gasteiger partial charge >= 0.3 is 0 Å². The van der Waals surface area contributed by atoms with Gasteiger partial charge in [0, 0.05) is 31.9 Å². The predicted molar refractivity (Wildman–Crippen MR) is 62.9 cm³/mol. The van der Waals surface area contributed by atoms with E-state index in [1.165, 1.54) is 0 Å². The van der Waals surface area contributed by atoms with Gasteiger partial charge in [0.1, 0.15) is 0 Å². The molecule has 0 aromatic carbocycles. The van der Waals surface area contributed by atoms with E-state index in [4.69, 9.17) is 0 Å². The fraction of sp³-hybridized carbons (Fsp3) is 0.727. The van der Waals surface area contributed by atoms with Crippen LogP contribution in [0.15, 0.2) is 12.3 Å². The normalized spacial score (nSPS) is 11.6. The molecule has 1 heterocycles. The minimum absolute atomic E-state index is 0.445. The molecule has 4 nitrogen and oxygen atoms in total. The summed E-state index contributed by atoms with van der Waals surface area (Å²) in [6.07, 6.45) is 2.04. The number of aromatic nitrogens is 2. The highest BCUT2D eigenvalue weighted by atomic mass is 15.3. The first kappa shape index (κ1) is 12.2. The highest BCUT2D eigenvalue weighted by Gasteiger charge is 2.01. The summed E-state index contributed by atoms with van der Waals surface area (Å²) in [6, 6.07) is 2.52. The number of likely N-dealkylation sites (N-methyl/N-ethyl adjacent to an activating group) is 1. The molecule has 0 spiro atoms. The molecule has 86 valence electrons. The summed E-state index contributed by atoms with van der Waals surface area (Å²) >= 11 is 0. The third-order valence-electron chi connectivity index (χ3n) is 2.23. The second kappa shape index (κ2) is 5.88. The quantitative estimate of drug-likeness (QED) is 0.714. The van der Waals surface area contributed by atoms with Crippen LogP contribution in [0.5, 0.6) is 0 Å². The zero-order chi connectivity index (χ0) is 11.3. The molecule has 1 aromatic rings. The van der Waals surface area contributed by atoms with Gasteiger partial charge in [-0.05, 0) is 34.0 Å². The number of hydrogen-bond acceptors (Lipinski definition) is 3. The van der Waals surface area contributed by atoms with Crippen LogP contribution in [-0.2, 0) is 6.54 Å². The summed E-state index contributed by atoms with van der Waals surface area (Å²) < 4.78 is 1.99. The van der Waals surface area contributed by atoms with E-state index in [0.717, 1.165) is 25.3 Å². The summed E-state index contributed by atoms with van der Waals surface area (Å²) in [4.78, 5) is 2.17. The maximum atomic E-state index is 4.47. The number of rotatable bonds is 6. The topological polar surface area (TPSA) is 33.1 Å². The van der Waals surface area contributed by atoms with E-state index in [1.54, 1.807) is 0 Å². The highest BCUT2D eigenvalue weighted by molar-refractivity contribution is 4.98. The molecule has 4 heteroatoms. The molecule has 0 saturated carbocycles. The zero-order valence-corrected chi connectivity index (χ0v) is 10.2. The fourth-order valence-corrected chi connectivity index (χ4v) is 1.28. The molecular formula is C11H22N4. The molecule has 1 N–H and O–H groups in total. The Labute approximate surface area is 92.3 Å². The van der Waals surface area contributed by atoms with Gasteiger partial charge in [0.25, 0.3) is 0 Å². The van der Waals surface area contributed by atoms with Gasteiger partial charge in [-0.15, -0.1) is 0 Å². The first-order chi connectivity index (χ1) is 7.09. The van der Waals surface area contributed by atoms with Crippen LogP contribution in [0, 0.1) is 0 Å². The van der Waals surface area contributed by atoms with E-state index in [-0.39, 0.29) is 0 Å². The van der Waals surface area contributed by atoms with Crippen LogP contribution in [0.1, 0.15) is 25.6 Å². The summed E-state index contributed by atoms with van der Waals surface area (Å²) in [5.41, 5.74) is 1.11. The van der Waals surface area contributed by atoms with Crippen LogP contribution in [0.4, 0.5) is 0 Å². The Morgan fingerprint density at radius 3 is 2.73 bits per heavy atom. The third-order valence-corrected chi connectivity index (χ3v) is 2.23. The van der Waals surface area contributed by atoms with Gasteiger partial charge in [-0.25, -0.2) is 0 Å². The smallest absolute Gasteiger partial charge is 0.0762 e. The van der Waals surface area contributed by atoms with E-state index in [1.807, 2.05) is 10.9 Å². The lowest BCUT2D eigenvalue weighted by molar-refractivity contribution is 0.399. The van der Waals surface area contributed by atoms with Gasteiger partial charge in [0.05, 0.1) is 5.69 Å². The second-order valence-electron chi connectivity index (χ2n) is 4.36. The second-order valence-corrected chi connectivity index (χ2v) is 4.36. The van der Waals surface area contributed by atoms with Crippen molar-refractivity contribution in [2.24, 2.45) is 0 Å². The van der Waals surface area contributed by atoms with Gasteiger partial charge in [0.15, 0.2) is 0 Å². The molecule has 0 aliphatic carbocycles. The van der Waals surface area contributed by atoms with Crippen molar-refractivity contribution in [1.29, 1.82) is 0 Å². The molecule has 0 aliphatic heterocycles. The third kappa shape index (κ3) is 4.44. The predicted octanol–water partition coefficient (Wildman–Crippen LogP) is 1.12. The van der Waals surface area contributed by atoms with E-state index < -0.39 is 0 Å². The van der Waals surface area contributed by atoms with Crippen molar-refractivity contribution in [1.82, 2.24) is 20.0 Å². The average molecular weight is 210 g/mol. The van der Waals surface area contributed by atoms with Crippen molar-refractivity contribution in [3.05, 3.63) is 18.0 Å². The van der Waals surface area contributed by atoms with Crippen molar-refractivity contribution in [2.75, 3.05) is 27.2 Å². The van der Waals surface area contributed by atoms with Crippen LogP contribution >= 0.6 is 0 Å². The van der Waals surface area contributed by atoms with E-state index in [0.29, 0.717) is 6.04 Å². The fourth-order valence-electron chi connectivity index (χ4n) is 1.28. The molecule has 0 saturated heterocycles. The standard InChI is InChI=1S/C11H22N4/c1-10(2)15-7-5-11(13-15)9-12-6-8-14(3)4/h5,7,10,12H,6,8-9H2,1-4H3. The summed E-state index contributed by atoms with van der Waals surface area (Å²) in [6.45, 7) is 7.19. The van der Waals surface area contributed by atoms with Gasteiger partial charge in [-0.3, -0.25) is 4.68 Å². The summed E-state index contributed by atoms with van der Waals surface area (Å²) in [5, 5.41) is 7.83. The lowest BCUT2D eigenvalue weighted by Crippen LogP contribution is -2.26. The van der Waals surface area contributed by atoms with Gasteiger partial charge < -0.3 is 10.2 Å². The molecule has 0 fully saturated rings. The van der Waals surface area contributed by atoms with Crippen LogP contribution in [0.2, 0.25) is 0 Å². The first-order valence-corrected chi connectivity index (χ1v) is 5.49. The molecule has 0 unspecified atom stereocenters. The average Bonchev–Trinajstić information content (AvgIpc) is 2.60. The van der Waals surface area contributed by atoms with E-state index in [2.05, 4.69) is 49.3 Å². The zero-order valence-electron chi connectivity index (χ0n) is 10.2. The van der Waals surface area contributed by atoms with Gasteiger partial charge in [0.2, 0.25) is 0 Å². The molecule has 1 rings (SSSR count). The maximum absolute atomic E-state index is 4.47. The molecular weight excluding hydrogens is 188 g/mol. The van der Waals surface area contributed by atoms with Crippen LogP contribution < -0.4 is 5.32 Å². The molecule has 0 atom stereocenters. The van der Waals surface area contributed by atoms with Crippen LogP contribution in [0.25, 0.3) is 0 Å². The van der Waals surface area contributed by atoms with Crippen molar-refractivity contribution in [3.8, 4) is 0 Å². The number of hydrogen-bond donors (Lipinski definition) is 1. The van der Waals surface area contributed by atoms with Crippen molar-refractivity contribution in [2.45, 2.75) is 26.4 Å². The maximum Gasteiger partial charge on any atom is 0.0762 e. The lowest BCUT2D eigenvalue weighted by Gasteiger charge is -2.09. The van der Waals surface area contributed by atoms with Gasteiger partial charge in [-0.2, -0.15) is 5.10 Å². The Morgan fingerprint density at radius 1 is 1.47 bits per heavy atom. The van der Waals surface area contributed by atoms with Gasteiger partial charge in [-0.1, -0.05) is 0 Å². The Kier molecular flexibility index (Phi) is 4.78. The number of nitrogens with one attached hydrogen (secondary N) is 1. The molecule has 0 radical (unpaired) electrons. The Hall–Kier alpha value is -0.870. The van der Waals surface area contributed by atoms with Crippen molar-refractivity contribution in [3.63, 3.8) is 0 Å². The Morgan fingerprint density at radius 2 is 2.20 bits per heavy atom. The SMILES string of the molecule is CC(C)n1ccc(CNCCN(C)C)n1. The van der Waals surface area contributed by atoms with E-state index >= 15 is 0 Å². The molecule has 0 bridgehead atoms. The number of nitrogens with zero attached hydrogens (tertiary/aromatic N) is 3. The van der Waals surface area contributed by atoms with Crippen molar-refractivity contribution >= 4 is 0 Å². The van der Waals surface area contributed by atoms with E-state index in [9.17, 15) is 0 Å². The monoisotopic (exact) mass is 210 g/mol. The molecule has 0 amide bonds. The first-order valence-electron chi connectivity index (χ1n) is 5.49. The molecule has 0 aliphatic rings.